The van der Waals surface area contributed by atoms with E-state index in [0.29, 0.717) is 0 Å². The van der Waals surface area contributed by atoms with Gasteiger partial charge < -0.3 is 19.7 Å². The van der Waals surface area contributed by atoms with Crippen molar-refractivity contribution in [2.45, 2.75) is 19.8 Å². The lowest BCUT2D eigenvalue weighted by Gasteiger charge is -2.32. The van der Waals surface area contributed by atoms with Crippen molar-refractivity contribution < 1.29 is 9.47 Å². The maximum absolute atomic E-state index is 5.41. The number of piperidine rings is 1. The smallest absolute Gasteiger partial charge is 0.0593 e. The van der Waals surface area contributed by atoms with Crippen molar-refractivity contribution in [2.75, 3.05) is 59.7 Å². The Labute approximate surface area is 106 Å². The summed E-state index contributed by atoms with van der Waals surface area (Å²) in [5, 5.41) is 3.46. The van der Waals surface area contributed by atoms with Crippen molar-refractivity contribution in [2.24, 2.45) is 5.92 Å². The molecule has 0 spiro atoms. The number of rotatable bonds is 9. The molecule has 0 aromatic heterocycles. The summed E-state index contributed by atoms with van der Waals surface area (Å²) in [7, 11) is 1.75. The lowest BCUT2D eigenvalue weighted by atomic mass is 9.98. The fraction of sp³-hybridized carbons (Fsp3) is 1.00. The first-order valence-corrected chi connectivity index (χ1v) is 6.86. The van der Waals surface area contributed by atoms with Gasteiger partial charge in [-0.25, -0.2) is 0 Å². The van der Waals surface area contributed by atoms with Crippen LogP contribution in [0.1, 0.15) is 19.8 Å². The lowest BCUT2D eigenvalue weighted by molar-refractivity contribution is 0.0911. The Hall–Kier alpha value is -0.160. The highest BCUT2D eigenvalue weighted by Crippen LogP contribution is 2.15. The summed E-state index contributed by atoms with van der Waals surface area (Å²) in [6, 6.07) is 0. The number of nitrogens with zero attached hydrogens (tertiary/aromatic N) is 1. The molecule has 1 atom stereocenters. The number of methoxy groups -OCH3 is 1. The molecule has 1 saturated heterocycles. The molecule has 1 unspecified atom stereocenters. The molecule has 1 aliphatic heterocycles. The molecule has 102 valence electrons. The quantitative estimate of drug-likeness (QED) is 0.613. The normalized spacial score (nSPS) is 21.9. The van der Waals surface area contributed by atoms with E-state index in [1.807, 2.05) is 0 Å². The van der Waals surface area contributed by atoms with Crippen molar-refractivity contribution in [3.8, 4) is 0 Å². The molecule has 0 aromatic carbocycles. The first kappa shape index (κ1) is 14.9. The summed E-state index contributed by atoms with van der Waals surface area (Å²) >= 11 is 0. The summed E-state index contributed by atoms with van der Waals surface area (Å²) in [5.41, 5.74) is 0. The van der Waals surface area contributed by atoms with Gasteiger partial charge in [0.2, 0.25) is 0 Å². The maximum Gasteiger partial charge on any atom is 0.0593 e. The first-order chi connectivity index (χ1) is 8.36. The Morgan fingerprint density at radius 3 is 3.00 bits per heavy atom. The zero-order valence-electron chi connectivity index (χ0n) is 11.4. The average molecular weight is 244 g/mol. The van der Waals surface area contributed by atoms with Crippen LogP contribution in [0, 0.1) is 5.92 Å². The molecule has 1 aliphatic rings. The predicted octanol–water partition coefficient (Wildman–Crippen LogP) is 0.971. The van der Waals surface area contributed by atoms with Gasteiger partial charge in [-0.2, -0.15) is 0 Å². The molecule has 0 saturated carbocycles. The van der Waals surface area contributed by atoms with Gasteiger partial charge in [0.15, 0.2) is 0 Å². The number of likely N-dealkylation sites (tertiary alicyclic amines) is 1. The van der Waals surface area contributed by atoms with Gasteiger partial charge in [0.1, 0.15) is 0 Å². The van der Waals surface area contributed by atoms with Crippen LogP contribution >= 0.6 is 0 Å². The van der Waals surface area contributed by atoms with Crippen LogP contribution in [0.3, 0.4) is 0 Å². The molecule has 1 fully saturated rings. The topological polar surface area (TPSA) is 33.7 Å². The van der Waals surface area contributed by atoms with Crippen LogP contribution in [0.15, 0.2) is 0 Å². The maximum atomic E-state index is 5.41. The third-order valence-electron chi connectivity index (χ3n) is 3.28. The molecular formula is C13H28N2O2. The van der Waals surface area contributed by atoms with Crippen LogP contribution in [0.4, 0.5) is 0 Å². The Morgan fingerprint density at radius 1 is 1.35 bits per heavy atom. The van der Waals surface area contributed by atoms with Crippen molar-refractivity contribution in [1.29, 1.82) is 0 Å². The molecular weight excluding hydrogens is 216 g/mol. The number of hydrogen-bond acceptors (Lipinski definition) is 4. The van der Waals surface area contributed by atoms with Gasteiger partial charge in [-0.15, -0.1) is 0 Å². The monoisotopic (exact) mass is 244 g/mol. The van der Waals surface area contributed by atoms with Crippen LogP contribution in [-0.4, -0.2) is 64.6 Å². The van der Waals surface area contributed by atoms with Gasteiger partial charge in [-0.1, -0.05) is 0 Å². The van der Waals surface area contributed by atoms with Gasteiger partial charge in [0.25, 0.3) is 0 Å². The molecule has 4 heteroatoms. The summed E-state index contributed by atoms with van der Waals surface area (Å²) in [6.45, 7) is 10.2. The highest BCUT2D eigenvalue weighted by atomic mass is 16.5. The van der Waals surface area contributed by atoms with E-state index >= 15 is 0 Å². The SMILES string of the molecule is CCOCCN1CCCC(CNCCOC)C1. The predicted molar refractivity (Wildman–Crippen MR) is 70.4 cm³/mol. The van der Waals surface area contributed by atoms with Gasteiger partial charge in [0.05, 0.1) is 13.2 Å². The summed E-state index contributed by atoms with van der Waals surface area (Å²) < 4.78 is 10.4. The molecule has 17 heavy (non-hydrogen) atoms. The largest absolute Gasteiger partial charge is 0.383 e. The highest BCUT2D eigenvalue weighted by molar-refractivity contribution is 4.74. The van der Waals surface area contributed by atoms with Crippen LogP contribution in [0.25, 0.3) is 0 Å². The second-order valence-electron chi connectivity index (χ2n) is 4.70. The molecule has 0 bridgehead atoms. The van der Waals surface area contributed by atoms with Crippen molar-refractivity contribution in [3.63, 3.8) is 0 Å². The van der Waals surface area contributed by atoms with Crippen LogP contribution in [0.2, 0.25) is 0 Å². The number of nitrogens with one attached hydrogen (secondary N) is 1. The fourth-order valence-corrected chi connectivity index (χ4v) is 2.34. The number of hydrogen-bond donors (Lipinski definition) is 1. The van der Waals surface area contributed by atoms with Crippen molar-refractivity contribution in [3.05, 3.63) is 0 Å². The molecule has 0 radical (unpaired) electrons. The van der Waals surface area contributed by atoms with Crippen molar-refractivity contribution >= 4 is 0 Å². The molecule has 0 aliphatic carbocycles. The third kappa shape index (κ3) is 6.99. The average Bonchev–Trinajstić information content (AvgIpc) is 2.36. The minimum Gasteiger partial charge on any atom is -0.383 e. The second-order valence-corrected chi connectivity index (χ2v) is 4.70. The Bertz CT molecular complexity index is 179. The van der Waals surface area contributed by atoms with Gasteiger partial charge in [0, 0.05) is 33.4 Å². The van der Waals surface area contributed by atoms with E-state index in [9.17, 15) is 0 Å². The molecule has 0 aromatic rings. The van der Waals surface area contributed by atoms with E-state index in [4.69, 9.17) is 9.47 Å². The standard InChI is InChI=1S/C13H28N2O2/c1-3-17-10-8-15-7-4-5-13(12-15)11-14-6-9-16-2/h13-14H,3-12H2,1-2H3. The summed E-state index contributed by atoms with van der Waals surface area (Å²) in [6.07, 6.45) is 2.67. The number of ether oxygens (including phenoxy) is 2. The van der Waals surface area contributed by atoms with E-state index in [0.717, 1.165) is 45.4 Å². The summed E-state index contributed by atoms with van der Waals surface area (Å²) in [5.74, 6) is 0.794. The third-order valence-corrected chi connectivity index (χ3v) is 3.28. The fourth-order valence-electron chi connectivity index (χ4n) is 2.34. The minimum atomic E-state index is 0.794. The Kier molecular flexibility index (Phi) is 8.61. The lowest BCUT2D eigenvalue weighted by Crippen LogP contribution is -2.41. The van der Waals surface area contributed by atoms with Crippen LogP contribution in [0.5, 0.6) is 0 Å². The van der Waals surface area contributed by atoms with Crippen LogP contribution in [-0.2, 0) is 9.47 Å². The van der Waals surface area contributed by atoms with Crippen LogP contribution < -0.4 is 5.32 Å². The summed E-state index contributed by atoms with van der Waals surface area (Å²) in [4.78, 5) is 2.53. The Balaban J connectivity index is 2.06. The molecule has 1 N–H and O–H groups in total. The molecule has 1 heterocycles. The van der Waals surface area contributed by atoms with E-state index in [1.165, 1.54) is 25.9 Å². The zero-order valence-corrected chi connectivity index (χ0v) is 11.4. The highest BCUT2D eigenvalue weighted by Gasteiger charge is 2.18. The second kappa shape index (κ2) is 9.83. The van der Waals surface area contributed by atoms with Crippen molar-refractivity contribution in [1.82, 2.24) is 10.2 Å². The Morgan fingerprint density at radius 2 is 2.24 bits per heavy atom. The molecule has 1 rings (SSSR count). The van der Waals surface area contributed by atoms with Gasteiger partial charge in [-0.3, -0.25) is 0 Å². The first-order valence-electron chi connectivity index (χ1n) is 6.86. The zero-order chi connectivity index (χ0) is 12.3. The van der Waals surface area contributed by atoms with Gasteiger partial charge >= 0.3 is 0 Å². The van der Waals surface area contributed by atoms with E-state index < -0.39 is 0 Å². The minimum absolute atomic E-state index is 0.794. The van der Waals surface area contributed by atoms with E-state index in [1.54, 1.807) is 7.11 Å². The van der Waals surface area contributed by atoms with Gasteiger partial charge in [-0.05, 0) is 38.8 Å². The molecule has 4 nitrogen and oxygen atoms in total. The molecule has 0 amide bonds. The van der Waals surface area contributed by atoms with E-state index in [-0.39, 0.29) is 0 Å². The van der Waals surface area contributed by atoms with E-state index in [2.05, 4.69) is 17.1 Å².